The first-order chi connectivity index (χ1) is 15.8. The molecule has 9 nitrogen and oxygen atoms in total. The third-order valence-corrected chi connectivity index (χ3v) is 5.57. The van der Waals surface area contributed by atoms with E-state index in [0.717, 1.165) is 36.0 Å². The molecule has 0 atom stereocenters. The summed E-state index contributed by atoms with van der Waals surface area (Å²) in [7, 11) is 0. The van der Waals surface area contributed by atoms with Crippen LogP contribution in [0.25, 0.3) is 17.0 Å². The maximum atomic E-state index is 12.7. The first-order valence-corrected chi connectivity index (χ1v) is 10.7. The number of aromatic nitrogens is 5. The van der Waals surface area contributed by atoms with Crippen LogP contribution in [0.4, 0.5) is 11.6 Å². The van der Waals surface area contributed by atoms with E-state index in [1.807, 2.05) is 59.5 Å². The third kappa shape index (κ3) is 4.22. The van der Waals surface area contributed by atoms with Crippen molar-refractivity contribution in [1.82, 2.24) is 29.5 Å². The lowest BCUT2D eigenvalue weighted by Gasteiger charge is -2.35. The number of piperazine rings is 1. The second-order valence-corrected chi connectivity index (χ2v) is 7.60. The summed E-state index contributed by atoms with van der Waals surface area (Å²) in [5.41, 5.74) is 1.81. The second kappa shape index (κ2) is 9.01. The average molecular weight is 429 g/mol. The Kier molecular flexibility index (Phi) is 5.61. The Labute approximate surface area is 185 Å². The summed E-state index contributed by atoms with van der Waals surface area (Å²) in [6.45, 7) is 3.50. The lowest BCUT2D eigenvalue weighted by molar-refractivity contribution is -0.131. The largest absolute Gasteiger partial charge is 0.369 e. The van der Waals surface area contributed by atoms with Gasteiger partial charge in [0, 0.05) is 57.0 Å². The van der Waals surface area contributed by atoms with Gasteiger partial charge in [0.2, 0.25) is 5.91 Å². The van der Waals surface area contributed by atoms with Gasteiger partial charge in [-0.05, 0) is 12.1 Å². The fourth-order valence-electron chi connectivity index (χ4n) is 3.88. The van der Waals surface area contributed by atoms with Crippen LogP contribution in [0.3, 0.4) is 0 Å². The topological polar surface area (TPSA) is 91.5 Å². The lowest BCUT2D eigenvalue weighted by atomic mass is 10.1. The fraction of sp³-hybridized carbons (Fsp3) is 0.261. The molecule has 0 unspecified atom stereocenters. The minimum absolute atomic E-state index is 0.144. The first kappa shape index (κ1) is 19.9. The van der Waals surface area contributed by atoms with Crippen molar-refractivity contribution in [3.05, 3.63) is 67.1 Å². The molecule has 9 heteroatoms. The highest BCUT2D eigenvalue weighted by Crippen LogP contribution is 2.21. The Morgan fingerprint density at radius 1 is 0.969 bits per heavy atom. The maximum Gasteiger partial charge on any atom is 0.254 e. The maximum absolute atomic E-state index is 12.7. The monoisotopic (exact) mass is 428 g/mol. The van der Waals surface area contributed by atoms with E-state index in [4.69, 9.17) is 0 Å². The van der Waals surface area contributed by atoms with Gasteiger partial charge in [-0.15, -0.1) is 0 Å². The molecule has 4 aromatic rings. The number of carbonyl (C=O) groups excluding carboxylic acids is 1. The molecule has 0 radical (unpaired) electrons. The molecule has 5 rings (SSSR count). The number of nitrogens with one attached hydrogen (secondary N) is 1. The number of amides is 1. The molecule has 1 fully saturated rings. The van der Waals surface area contributed by atoms with Crippen molar-refractivity contribution in [2.24, 2.45) is 0 Å². The van der Waals surface area contributed by atoms with Gasteiger partial charge in [-0.1, -0.05) is 36.4 Å². The number of hydrogen-bond acceptors (Lipinski definition) is 7. The number of nitrogens with zero attached hydrogens (tertiary/aromatic N) is 7. The molecule has 0 saturated carbocycles. The van der Waals surface area contributed by atoms with Crippen LogP contribution < -0.4 is 10.2 Å². The van der Waals surface area contributed by atoms with E-state index >= 15 is 0 Å². The Hall–Kier alpha value is -4.01. The smallest absolute Gasteiger partial charge is 0.254 e. The summed E-state index contributed by atoms with van der Waals surface area (Å²) < 4.78 is 1.66. The van der Waals surface area contributed by atoms with E-state index in [1.54, 1.807) is 10.7 Å². The summed E-state index contributed by atoms with van der Waals surface area (Å²) in [5.74, 6) is 2.39. The van der Waals surface area contributed by atoms with Crippen LogP contribution in [-0.2, 0) is 4.79 Å². The second-order valence-electron chi connectivity index (χ2n) is 7.60. The van der Waals surface area contributed by atoms with Crippen LogP contribution >= 0.6 is 0 Å². The zero-order chi connectivity index (χ0) is 21.8. The van der Waals surface area contributed by atoms with Crippen molar-refractivity contribution in [3.63, 3.8) is 0 Å². The Morgan fingerprint density at radius 2 is 1.78 bits per heavy atom. The first-order valence-electron chi connectivity index (χ1n) is 10.7. The molecule has 1 aliphatic rings. The van der Waals surface area contributed by atoms with Crippen LogP contribution in [0.15, 0.2) is 67.1 Å². The quantitative estimate of drug-likeness (QED) is 0.504. The number of pyridine rings is 1. The molecule has 1 aliphatic heterocycles. The lowest BCUT2D eigenvalue weighted by Crippen LogP contribution is -2.49. The predicted octanol–water partition coefficient (Wildman–Crippen LogP) is 2.34. The molecule has 0 aliphatic carbocycles. The molecule has 1 aromatic carbocycles. The zero-order valence-electron chi connectivity index (χ0n) is 17.6. The number of carbonyl (C=O) groups is 1. The van der Waals surface area contributed by atoms with Gasteiger partial charge in [-0.3, -0.25) is 4.79 Å². The van der Waals surface area contributed by atoms with Gasteiger partial charge >= 0.3 is 0 Å². The van der Waals surface area contributed by atoms with E-state index in [2.05, 4.69) is 30.3 Å². The molecule has 1 saturated heterocycles. The van der Waals surface area contributed by atoms with Gasteiger partial charge in [-0.2, -0.15) is 14.6 Å². The molecular formula is C23H24N8O. The molecule has 4 heterocycles. The van der Waals surface area contributed by atoms with Crippen molar-refractivity contribution >= 4 is 23.3 Å². The zero-order valence-corrected chi connectivity index (χ0v) is 17.6. The number of hydrogen-bond donors (Lipinski definition) is 1. The molecule has 1 amide bonds. The summed E-state index contributed by atoms with van der Waals surface area (Å²) in [5, 5.41) is 7.59. The van der Waals surface area contributed by atoms with Crippen molar-refractivity contribution in [1.29, 1.82) is 0 Å². The van der Waals surface area contributed by atoms with E-state index in [-0.39, 0.29) is 5.91 Å². The van der Waals surface area contributed by atoms with E-state index in [0.29, 0.717) is 31.8 Å². The average Bonchev–Trinajstić information content (AvgIpc) is 3.34. The predicted molar refractivity (Wildman–Crippen MR) is 122 cm³/mol. The van der Waals surface area contributed by atoms with E-state index < -0.39 is 0 Å². The normalized spacial score (nSPS) is 14.0. The standard InChI is InChI=1S/C23H24N8O/c32-22(30-14-12-29(13-15-30)20-8-4-5-10-24-20)9-11-25-21-16-19(18-6-2-1-3-7-18)28-23-26-17-27-31(21)23/h1-8,10,16-17,25H,9,11-15H2. The molecule has 162 valence electrons. The van der Waals surface area contributed by atoms with Crippen LogP contribution in [-0.4, -0.2) is 68.1 Å². The highest BCUT2D eigenvalue weighted by molar-refractivity contribution is 5.77. The van der Waals surface area contributed by atoms with Crippen molar-refractivity contribution < 1.29 is 4.79 Å². The minimum Gasteiger partial charge on any atom is -0.369 e. The number of benzene rings is 1. The molecule has 0 spiro atoms. The molecule has 1 N–H and O–H groups in total. The number of fused-ring (bicyclic) bond motifs is 1. The Bertz CT molecular complexity index is 1190. The third-order valence-electron chi connectivity index (χ3n) is 5.57. The summed E-state index contributed by atoms with van der Waals surface area (Å²) in [6.07, 6.45) is 3.68. The van der Waals surface area contributed by atoms with Crippen molar-refractivity contribution in [2.75, 3.05) is 42.9 Å². The molecule has 0 bridgehead atoms. The van der Waals surface area contributed by atoms with Crippen LogP contribution in [0.2, 0.25) is 0 Å². The van der Waals surface area contributed by atoms with Crippen molar-refractivity contribution in [3.8, 4) is 11.3 Å². The number of anilines is 2. The summed E-state index contributed by atoms with van der Waals surface area (Å²) in [4.78, 5) is 30.1. The Balaban J connectivity index is 1.19. The highest BCUT2D eigenvalue weighted by atomic mass is 16.2. The van der Waals surface area contributed by atoms with Crippen LogP contribution in [0.1, 0.15) is 6.42 Å². The SMILES string of the molecule is O=C(CCNc1cc(-c2ccccc2)nc2ncnn12)N1CCN(c2ccccn2)CC1. The molecular weight excluding hydrogens is 404 g/mol. The molecule has 3 aromatic heterocycles. The van der Waals surface area contributed by atoms with Crippen LogP contribution in [0, 0.1) is 0 Å². The highest BCUT2D eigenvalue weighted by Gasteiger charge is 2.21. The van der Waals surface area contributed by atoms with Crippen molar-refractivity contribution in [2.45, 2.75) is 6.42 Å². The van der Waals surface area contributed by atoms with Crippen LogP contribution in [0.5, 0.6) is 0 Å². The van der Waals surface area contributed by atoms with Gasteiger partial charge in [0.25, 0.3) is 5.78 Å². The van der Waals surface area contributed by atoms with E-state index in [9.17, 15) is 4.79 Å². The Morgan fingerprint density at radius 3 is 2.56 bits per heavy atom. The fourth-order valence-corrected chi connectivity index (χ4v) is 3.88. The number of rotatable bonds is 6. The van der Waals surface area contributed by atoms with Gasteiger partial charge in [0.1, 0.15) is 18.0 Å². The minimum atomic E-state index is 0.144. The van der Waals surface area contributed by atoms with Gasteiger partial charge in [0.15, 0.2) is 0 Å². The van der Waals surface area contributed by atoms with Gasteiger partial charge in [-0.25, -0.2) is 9.97 Å². The van der Waals surface area contributed by atoms with Gasteiger partial charge < -0.3 is 15.1 Å². The van der Waals surface area contributed by atoms with E-state index in [1.165, 1.54) is 6.33 Å². The summed E-state index contributed by atoms with van der Waals surface area (Å²) >= 11 is 0. The van der Waals surface area contributed by atoms with Gasteiger partial charge in [0.05, 0.1) is 5.69 Å². The molecule has 32 heavy (non-hydrogen) atoms. The summed E-state index contributed by atoms with van der Waals surface area (Å²) in [6, 6.07) is 17.8.